The number of hydrogen-bond acceptors (Lipinski definition) is 3. The minimum atomic E-state index is -0.265. The largest absolute Gasteiger partial charge is 0.351 e. The van der Waals surface area contributed by atoms with Crippen molar-refractivity contribution >= 4 is 27.7 Å². The lowest BCUT2D eigenvalue weighted by Gasteiger charge is -2.34. The van der Waals surface area contributed by atoms with Crippen LogP contribution in [0.1, 0.15) is 33.1 Å². The van der Waals surface area contributed by atoms with Gasteiger partial charge in [-0.05, 0) is 24.3 Å². The Hall–Kier alpha value is -2.63. The Labute approximate surface area is 151 Å². The van der Waals surface area contributed by atoms with Crippen LogP contribution in [0.2, 0.25) is 0 Å². The average Bonchev–Trinajstić information content (AvgIpc) is 3.01. The average molecular weight is 352 g/mol. The highest BCUT2D eigenvalue weighted by Gasteiger charge is 2.28. The highest BCUT2D eigenvalue weighted by atomic mass is 16.2. The van der Waals surface area contributed by atoms with E-state index in [4.69, 9.17) is 0 Å². The Morgan fingerprint density at radius 1 is 1.27 bits per heavy atom. The quantitative estimate of drug-likeness (QED) is 0.761. The minimum Gasteiger partial charge on any atom is -0.351 e. The highest BCUT2D eigenvalue weighted by Crippen LogP contribution is 2.29. The number of carbonyl (C=O) groups excluding carboxylic acids is 1. The summed E-state index contributed by atoms with van der Waals surface area (Å²) in [6.45, 7) is 4.37. The molecule has 1 fully saturated rings. The second kappa shape index (κ2) is 6.59. The second-order valence-corrected chi connectivity index (χ2v) is 7.51. The van der Waals surface area contributed by atoms with Gasteiger partial charge in [0.05, 0.1) is 6.20 Å². The predicted octanol–water partition coefficient (Wildman–Crippen LogP) is 2.82. The Bertz CT molecular complexity index is 1020. The van der Waals surface area contributed by atoms with Crippen LogP contribution >= 0.6 is 0 Å². The van der Waals surface area contributed by atoms with Gasteiger partial charge in [-0.25, -0.2) is 4.68 Å². The Morgan fingerprint density at radius 3 is 2.92 bits per heavy atom. The first-order valence-electron chi connectivity index (χ1n) is 9.30. The van der Waals surface area contributed by atoms with Gasteiger partial charge in [0.25, 0.3) is 5.56 Å². The third kappa shape index (κ3) is 2.89. The fraction of sp³-hybridized carbons (Fsp3) is 0.450. The Kier molecular flexibility index (Phi) is 4.26. The molecule has 0 radical (unpaired) electrons. The summed E-state index contributed by atoms with van der Waals surface area (Å²) in [5.74, 6) is 0.909. The van der Waals surface area contributed by atoms with Gasteiger partial charge in [-0.2, -0.15) is 5.10 Å². The molecule has 0 aliphatic heterocycles. The molecule has 0 bridgehead atoms. The van der Waals surface area contributed by atoms with E-state index < -0.39 is 0 Å². The number of carbonyl (C=O) groups is 1. The maximum Gasteiger partial charge on any atom is 0.291 e. The Balaban J connectivity index is 1.57. The molecule has 1 aromatic carbocycles. The molecular weight excluding hydrogens is 328 g/mol. The smallest absolute Gasteiger partial charge is 0.291 e. The van der Waals surface area contributed by atoms with Crippen LogP contribution in [-0.4, -0.2) is 26.7 Å². The number of aromatic nitrogens is 3. The van der Waals surface area contributed by atoms with E-state index >= 15 is 0 Å². The first-order valence-corrected chi connectivity index (χ1v) is 9.30. The van der Waals surface area contributed by atoms with Crippen LogP contribution in [0.25, 0.3) is 21.8 Å². The van der Waals surface area contributed by atoms with Crippen molar-refractivity contribution in [3.05, 3.63) is 40.8 Å². The molecule has 0 unspecified atom stereocenters. The third-order valence-electron chi connectivity index (χ3n) is 5.87. The molecule has 1 aliphatic rings. The van der Waals surface area contributed by atoms with Crippen molar-refractivity contribution in [2.24, 2.45) is 11.8 Å². The lowest BCUT2D eigenvalue weighted by Crippen LogP contribution is -2.45. The highest BCUT2D eigenvalue weighted by molar-refractivity contribution is 6.06. The summed E-state index contributed by atoms with van der Waals surface area (Å²) in [5.41, 5.74) is 1.13. The van der Waals surface area contributed by atoms with Crippen LogP contribution in [0.5, 0.6) is 0 Å². The zero-order valence-electron chi connectivity index (χ0n) is 15.2. The standard InChI is InChI=1S/C20H24N4O2/c1-12-6-5-9-16(13(12)2)22-18(25)11-24-20(26)19-15(10-21-24)14-7-3-4-8-17(14)23-19/h3-4,7-8,10,12-13,16,23H,5-6,9,11H2,1-2H3,(H,22,25)/t12-,13+,16-/m1/s1. The third-order valence-corrected chi connectivity index (χ3v) is 5.87. The lowest BCUT2D eigenvalue weighted by molar-refractivity contribution is -0.123. The van der Waals surface area contributed by atoms with Crippen molar-refractivity contribution in [2.75, 3.05) is 0 Å². The number of hydrogen-bond donors (Lipinski definition) is 2. The van der Waals surface area contributed by atoms with Crippen LogP contribution in [-0.2, 0) is 11.3 Å². The number of para-hydroxylation sites is 1. The predicted molar refractivity (Wildman–Crippen MR) is 102 cm³/mol. The van der Waals surface area contributed by atoms with Crippen molar-refractivity contribution in [3.63, 3.8) is 0 Å². The number of nitrogens with zero attached hydrogens (tertiary/aromatic N) is 2. The number of benzene rings is 1. The molecule has 1 amide bonds. The van der Waals surface area contributed by atoms with Gasteiger partial charge in [-0.3, -0.25) is 9.59 Å². The summed E-state index contributed by atoms with van der Waals surface area (Å²) >= 11 is 0. The summed E-state index contributed by atoms with van der Waals surface area (Å²) in [7, 11) is 0. The van der Waals surface area contributed by atoms with Gasteiger partial charge in [-0.1, -0.05) is 44.9 Å². The number of nitrogens with one attached hydrogen (secondary N) is 2. The molecule has 3 aromatic rings. The SMILES string of the molecule is C[C@H]1[C@H](C)CCC[C@H]1NC(=O)Cn1ncc2c([nH]c3ccccc32)c1=O. The number of fused-ring (bicyclic) bond motifs is 3. The molecule has 1 saturated carbocycles. The maximum absolute atomic E-state index is 12.7. The lowest BCUT2D eigenvalue weighted by atomic mass is 9.78. The molecule has 3 atom stereocenters. The van der Waals surface area contributed by atoms with Gasteiger partial charge in [0, 0.05) is 22.3 Å². The van der Waals surface area contributed by atoms with E-state index in [1.165, 1.54) is 11.1 Å². The molecule has 1 aliphatic carbocycles. The zero-order valence-corrected chi connectivity index (χ0v) is 15.2. The summed E-state index contributed by atoms with van der Waals surface area (Å²) in [6, 6.07) is 7.92. The van der Waals surface area contributed by atoms with E-state index in [2.05, 4.69) is 29.2 Å². The summed E-state index contributed by atoms with van der Waals surface area (Å²) in [6.07, 6.45) is 5.01. The van der Waals surface area contributed by atoms with Crippen molar-refractivity contribution in [1.82, 2.24) is 20.1 Å². The molecule has 2 N–H and O–H groups in total. The zero-order chi connectivity index (χ0) is 18.3. The fourth-order valence-corrected chi connectivity index (χ4v) is 4.06. The van der Waals surface area contributed by atoms with E-state index in [1.807, 2.05) is 24.3 Å². The number of H-pyrrole nitrogens is 1. The van der Waals surface area contributed by atoms with Crippen molar-refractivity contribution in [3.8, 4) is 0 Å². The molecule has 6 nitrogen and oxygen atoms in total. The monoisotopic (exact) mass is 352 g/mol. The molecule has 26 heavy (non-hydrogen) atoms. The molecule has 2 heterocycles. The van der Waals surface area contributed by atoms with Crippen LogP contribution in [0, 0.1) is 11.8 Å². The number of amides is 1. The second-order valence-electron chi connectivity index (χ2n) is 7.51. The van der Waals surface area contributed by atoms with Crippen LogP contribution < -0.4 is 10.9 Å². The molecule has 2 aromatic heterocycles. The molecule has 136 valence electrons. The van der Waals surface area contributed by atoms with E-state index in [1.54, 1.807) is 6.20 Å². The summed E-state index contributed by atoms with van der Waals surface area (Å²) in [5, 5.41) is 9.07. The number of rotatable bonds is 3. The van der Waals surface area contributed by atoms with Gasteiger partial charge < -0.3 is 10.3 Å². The van der Waals surface area contributed by atoms with E-state index in [-0.39, 0.29) is 24.1 Å². The first kappa shape index (κ1) is 16.8. The van der Waals surface area contributed by atoms with E-state index in [0.29, 0.717) is 17.4 Å². The van der Waals surface area contributed by atoms with Crippen molar-refractivity contribution in [2.45, 2.75) is 45.7 Å². The molecular formula is C20H24N4O2. The molecule has 0 spiro atoms. The maximum atomic E-state index is 12.7. The van der Waals surface area contributed by atoms with Crippen LogP contribution in [0.3, 0.4) is 0 Å². The summed E-state index contributed by atoms with van der Waals surface area (Å²) < 4.78 is 1.24. The van der Waals surface area contributed by atoms with Crippen LogP contribution in [0.15, 0.2) is 35.3 Å². The molecule has 4 rings (SSSR count). The van der Waals surface area contributed by atoms with E-state index in [9.17, 15) is 9.59 Å². The Morgan fingerprint density at radius 2 is 2.08 bits per heavy atom. The topological polar surface area (TPSA) is 79.8 Å². The molecule has 6 heteroatoms. The normalized spacial score (nSPS) is 23.4. The van der Waals surface area contributed by atoms with Crippen molar-refractivity contribution in [1.29, 1.82) is 0 Å². The minimum absolute atomic E-state index is 0.0538. The van der Waals surface area contributed by atoms with Gasteiger partial charge in [0.2, 0.25) is 5.91 Å². The fourth-order valence-electron chi connectivity index (χ4n) is 4.06. The molecule has 0 saturated heterocycles. The van der Waals surface area contributed by atoms with Gasteiger partial charge in [0.1, 0.15) is 12.1 Å². The van der Waals surface area contributed by atoms with Crippen molar-refractivity contribution < 1.29 is 4.79 Å². The van der Waals surface area contributed by atoms with E-state index in [0.717, 1.165) is 29.1 Å². The van der Waals surface area contributed by atoms with Gasteiger partial charge in [0.15, 0.2) is 0 Å². The van der Waals surface area contributed by atoms with Crippen LogP contribution in [0.4, 0.5) is 0 Å². The first-order chi connectivity index (χ1) is 12.5. The van der Waals surface area contributed by atoms with Gasteiger partial charge >= 0.3 is 0 Å². The number of aromatic amines is 1. The van der Waals surface area contributed by atoms with Gasteiger partial charge in [-0.15, -0.1) is 0 Å². The summed E-state index contributed by atoms with van der Waals surface area (Å²) in [4.78, 5) is 28.4.